The molecular formula is C14H23N3. The van der Waals surface area contributed by atoms with Gasteiger partial charge in [-0.1, -0.05) is 19.4 Å². The van der Waals surface area contributed by atoms with Gasteiger partial charge < -0.3 is 5.32 Å². The number of rotatable bonds is 4. The Morgan fingerprint density at radius 1 is 1.47 bits per heavy atom. The van der Waals surface area contributed by atoms with E-state index in [1.165, 1.54) is 24.0 Å². The van der Waals surface area contributed by atoms with Crippen LogP contribution in [0.2, 0.25) is 0 Å². The molecule has 1 fully saturated rings. The molecule has 3 nitrogen and oxygen atoms in total. The summed E-state index contributed by atoms with van der Waals surface area (Å²) >= 11 is 0. The highest BCUT2D eigenvalue weighted by Crippen LogP contribution is 2.14. The van der Waals surface area contributed by atoms with Crippen molar-refractivity contribution in [3.63, 3.8) is 0 Å². The quantitative estimate of drug-likeness (QED) is 0.861. The Morgan fingerprint density at radius 2 is 2.35 bits per heavy atom. The first kappa shape index (κ1) is 12.5. The number of hydrogen-bond acceptors (Lipinski definition) is 3. The highest BCUT2D eigenvalue weighted by Gasteiger charge is 2.21. The lowest BCUT2D eigenvalue weighted by molar-refractivity contribution is 0.144. The molecular weight excluding hydrogens is 210 g/mol. The molecule has 1 unspecified atom stereocenters. The summed E-state index contributed by atoms with van der Waals surface area (Å²) in [5.74, 6) is 0. The summed E-state index contributed by atoms with van der Waals surface area (Å²) in [6.45, 7) is 8.81. The monoisotopic (exact) mass is 233 g/mol. The minimum absolute atomic E-state index is 0.689. The molecule has 1 atom stereocenters. The zero-order valence-electron chi connectivity index (χ0n) is 10.9. The van der Waals surface area contributed by atoms with Crippen molar-refractivity contribution in [1.82, 2.24) is 15.2 Å². The van der Waals surface area contributed by atoms with Crippen LogP contribution in [0.25, 0.3) is 0 Å². The topological polar surface area (TPSA) is 28.2 Å². The Bertz CT molecular complexity index is 349. The molecule has 0 bridgehead atoms. The molecule has 1 N–H and O–H groups in total. The lowest BCUT2D eigenvalue weighted by atomic mass is 10.1. The van der Waals surface area contributed by atoms with Crippen LogP contribution in [0.4, 0.5) is 0 Å². The zero-order valence-corrected chi connectivity index (χ0v) is 10.9. The molecule has 2 rings (SSSR count). The maximum Gasteiger partial charge on any atom is 0.0313 e. The van der Waals surface area contributed by atoms with E-state index in [0.717, 1.165) is 26.2 Å². The van der Waals surface area contributed by atoms with Gasteiger partial charge in [-0.25, -0.2) is 0 Å². The molecule has 0 saturated carbocycles. The smallest absolute Gasteiger partial charge is 0.0313 e. The second-order valence-corrected chi connectivity index (χ2v) is 4.99. The van der Waals surface area contributed by atoms with E-state index in [0.29, 0.717) is 6.04 Å². The molecule has 0 aromatic carbocycles. The van der Waals surface area contributed by atoms with Crippen molar-refractivity contribution in [1.29, 1.82) is 0 Å². The van der Waals surface area contributed by atoms with Gasteiger partial charge in [0.25, 0.3) is 0 Å². The number of nitrogens with one attached hydrogen (secondary N) is 1. The number of hydrogen-bond donors (Lipinski definition) is 1. The van der Waals surface area contributed by atoms with E-state index in [1.807, 2.05) is 12.4 Å². The Hall–Kier alpha value is -0.930. The maximum atomic E-state index is 4.28. The van der Waals surface area contributed by atoms with Gasteiger partial charge in [0.1, 0.15) is 0 Å². The molecule has 1 aromatic heterocycles. The fourth-order valence-electron chi connectivity index (χ4n) is 2.57. The molecule has 17 heavy (non-hydrogen) atoms. The SMILES string of the molecule is CCCC1CNCCN1Cc1cncc(C)c1. The first-order valence-electron chi connectivity index (χ1n) is 6.65. The summed E-state index contributed by atoms with van der Waals surface area (Å²) in [6, 6.07) is 2.94. The first-order valence-corrected chi connectivity index (χ1v) is 6.65. The van der Waals surface area contributed by atoms with Gasteiger partial charge in [0.15, 0.2) is 0 Å². The van der Waals surface area contributed by atoms with Crippen molar-refractivity contribution in [3.05, 3.63) is 29.6 Å². The second-order valence-electron chi connectivity index (χ2n) is 4.99. The largest absolute Gasteiger partial charge is 0.314 e. The predicted molar refractivity (Wildman–Crippen MR) is 70.9 cm³/mol. The van der Waals surface area contributed by atoms with E-state index >= 15 is 0 Å². The average Bonchev–Trinajstić information content (AvgIpc) is 2.32. The number of aryl methyl sites for hydroxylation is 1. The minimum atomic E-state index is 0.689. The summed E-state index contributed by atoms with van der Waals surface area (Å²) < 4.78 is 0. The zero-order chi connectivity index (χ0) is 12.1. The summed E-state index contributed by atoms with van der Waals surface area (Å²) in [5.41, 5.74) is 2.60. The lowest BCUT2D eigenvalue weighted by Crippen LogP contribution is -2.50. The van der Waals surface area contributed by atoms with E-state index in [-0.39, 0.29) is 0 Å². The van der Waals surface area contributed by atoms with Crippen LogP contribution in [0.15, 0.2) is 18.5 Å². The Morgan fingerprint density at radius 3 is 3.12 bits per heavy atom. The van der Waals surface area contributed by atoms with Crippen LogP contribution in [-0.2, 0) is 6.54 Å². The first-order chi connectivity index (χ1) is 8.29. The van der Waals surface area contributed by atoms with Crippen molar-refractivity contribution >= 4 is 0 Å². The third-order valence-corrected chi connectivity index (χ3v) is 3.41. The third kappa shape index (κ3) is 3.51. The average molecular weight is 233 g/mol. The molecule has 1 aliphatic rings. The third-order valence-electron chi connectivity index (χ3n) is 3.41. The van der Waals surface area contributed by atoms with E-state index in [9.17, 15) is 0 Å². The Labute approximate surface area is 104 Å². The van der Waals surface area contributed by atoms with Gasteiger partial charge >= 0.3 is 0 Å². The van der Waals surface area contributed by atoms with Crippen LogP contribution >= 0.6 is 0 Å². The second kappa shape index (κ2) is 6.12. The van der Waals surface area contributed by atoms with E-state index < -0.39 is 0 Å². The highest BCUT2D eigenvalue weighted by atomic mass is 15.2. The molecule has 1 saturated heterocycles. The van der Waals surface area contributed by atoms with Gasteiger partial charge in [-0.05, 0) is 24.5 Å². The highest BCUT2D eigenvalue weighted by molar-refractivity contribution is 5.16. The molecule has 94 valence electrons. The van der Waals surface area contributed by atoms with Crippen molar-refractivity contribution in [3.8, 4) is 0 Å². The van der Waals surface area contributed by atoms with Crippen LogP contribution in [0.3, 0.4) is 0 Å². The van der Waals surface area contributed by atoms with Gasteiger partial charge in [-0.15, -0.1) is 0 Å². The standard InChI is InChI=1S/C14H23N3/c1-3-4-14-10-15-5-6-17(14)11-13-7-12(2)8-16-9-13/h7-9,14-15H,3-6,10-11H2,1-2H3. The molecule has 0 aliphatic carbocycles. The van der Waals surface area contributed by atoms with E-state index in [4.69, 9.17) is 0 Å². The molecule has 2 heterocycles. The predicted octanol–water partition coefficient (Wildman–Crippen LogP) is 1.96. The van der Waals surface area contributed by atoms with Crippen LogP contribution < -0.4 is 5.32 Å². The maximum absolute atomic E-state index is 4.28. The Kier molecular flexibility index (Phi) is 4.51. The van der Waals surface area contributed by atoms with Crippen LogP contribution in [0.1, 0.15) is 30.9 Å². The van der Waals surface area contributed by atoms with Gasteiger partial charge in [-0.3, -0.25) is 9.88 Å². The Balaban J connectivity index is 2.00. The number of pyridine rings is 1. The molecule has 0 amide bonds. The fourth-order valence-corrected chi connectivity index (χ4v) is 2.57. The van der Waals surface area contributed by atoms with Crippen LogP contribution in [0.5, 0.6) is 0 Å². The summed E-state index contributed by atoms with van der Waals surface area (Å²) in [4.78, 5) is 6.87. The van der Waals surface area contributed by atoms with Crippen molar-refractivity contribution in [2.75, 3.05) is 19.6 Å². The van der Waals surface area contributed by atoms with Gasteiger partial charge in [0.2, 0.25) is 0 Å². The van der Waals surface area contributed by atoms with Crippen molar-refractivity contribution in [2.24, 2.45) is 0 Å². The number of nitrogens with zero attached hydrogens (tertiary/aromatic N) is 2. The van der Waals surface area contributed by atoms with Gasteiger partial charge in [-0.2, -0.15) is 0 Å². The van der Waals surface area contributed by atoms with Gasteiger partial charge in [0, 0.05) is 44.6 Å². The van der Waals surface area contributed by atoms with Crippen LogP contribution in [0, 0.1) is 6.92 Å². The summed E-state index contributed by atoms with van der Waals surface area (Å²) in [5, 5.41) is 3.49. The lowest BCUT2D eigenvalue weighted by Gasteiger charge is -2.36. The minimum Gasteiger partial charge on any atom is -0.314 e. The molecule has 3 heteroatoms. The molecule has 1 aromatic rings. The van der Waals surface area contributed by atoms with Crippen LogP contribution in [-0.4, -0.2) is 35.6 Å². The number of aromatic nitrogens is 1. The molecule has 0 radical (unpaired) electrons. The normalized spacial score (nSPS) is 21.6. The summed E-state index contributed by atoms with van der Waals surface area (Å²) in [7, 11) is 0. The number of piperazine rings is 1. The van der Waals surface area contributed by atoms with Crippen molar-refractivity contribution < 1.29 is 0 Å². The van der Waals surface area contributed by atoms with Crippen molar-refractivity contribution in [2.45, 2.75) is 39.3 Å². The molecule has 1 aliphatic heterocycles. The van der Waals surface area contributed by atoms with E-state index in [2.05, 4.69) is 35.1 Å². The van der Waals surface area contributed by atoms with Gasteiger partial charge in [0.05, 0.1) is 0 Å². The van der Waals surface area contributed by atoms with E-state index in [1.54, 1.807) is 0 Å². The summed E-state index contributed by atoms with van der Waals surface area (Å²) in [6.07, 6.45) is 6.46. The molecule has 0 spiro atoms. The fraction of sp³-hybridized carbons (Fsp3) is 0.643.